The number of benzene rings is 2. The van der Waals surface area contributed by atoms with Crippen LogP contribution in [0.25, 0.3) is 0 Å². The molecule has 0 fully saturated rings. The van der Waals surface area contributed by atoms with Gasteiger partial charge < -0.3 is 10.2 Å². The Balaban J connectivity index is 2.41. The average Bonchev–Trinajstić information content (AvgIpc) is 2.77. The lowest BCUT2D eigenvalue weighted by Crippen LogP contribution is -2.51. The first-order valence-corrected chi connectivity index (χ1v) is 13.6. The third-order valence-corrected chi connectivity index (χ3v) is 7.14. The molecular formula is C24H31Cl2N3O4S. The molecule has 0 heterocycles. The number of rotatable bonds is 11. The minimum atomic E-state index is -3.89. The molecule has 1 N–H and O–H groups in total. The van der Waals surface area contributed by atoms with Gasteiger partial charge in [0.05, 0.1) is 17.0 Å². The van der Waals surface area contributed by atoms with Crippen molar-refractivity contribution in [2.75, 3.05) is 23.7 Å². The van der Waals surface area contributed by atoms with Crippen LogP contribution in [-0.4, -0.2) is 50.5 Å². The summed E-state index contributed by atoms with van der Waals surface area (Å²) >= 11 is 12.3. The smallest absolute Gasteiger partial charge is 0.244 e. The number of unbranched alkanes of at least 4 members (excludes halogenated alkanes) is 1. The molecule has 0 unspecified atom stereocenters. The molecule has 10 heteroatoms. The standard InChI is InChI=1S/C24H31Cl2N3O4S/c1-5-6-13-27-24(31)18(3)28(15-19-10-8-7-9-17(19)2)23(30)16-29(34(4,32)33)22-14-20(25)11-12-21(22)26/h7-12,14,18H,5-6,13,15-16H2,1-4H3,(H,27,31)/t18-/m1/s1. The van der Waals surface area contributed by atoms with Crippen LogP contribution in [0.4, 0.5) is 5.69 Å². The van der Waals surface area contributed by atoms with Crippen molar-refractivity contribution in [3.05, 3.63) is 63.6 Å². The Hall–Kier alpha value is -2.29. The van der Waals surface area contributed by atoms with Crippen LogP contribution in [0.1, 0.15) is 37.8 Å². The molecule has 0 aliphatic heterocycles. The molecule has 0 aliphatic rings. The first-order chi connectivity index (χ1) is 16.0. The van der Waals surface area contributed by atoms with Gasteiger partial charge in [0.1, 0.15) is 12.6 Å². The SMILES string of the molecule is CCCCNC(=O)[C@@H](C)N(Cc1ccccc1C)C(=O)CN(c1cc(Cl)ccc1Cl)S(C)(=O)=O. The highest BCUT2D eigenvalue weighted by molar-refractivity contribution is 7.92. The number of aryl methyl sites for hydroxylation is 1. The lowest BCUT2D eigenvalue weighted by molar-refractivity contribution is -0.139. The van der Waals surface area contributed by atoms with E-state index < -0.39 is 28.5 Å². The topological polar surface area (TPSA) is 86.8 Å². The highest BCUT2D eigenvalue weighted by atomic mass is 35.5. The van der Waals surface area contributed by atoms with Crippen molar-refractivity contribution in [1.29, 1.82) is 0 Å². The largest absolute Gasteiger partial charge is 0.354 e. The molecule has 0 aliphatic carbocycles. The monoisotopic (exact) mass is 527 g/mol. The van der Waals surface area contributed by atoms with Crippen molar-refractivity contribution in [2.24, 2.45) is 0 Å². The Morgan fingerprint density at radius 1 is 1.12 bits per heavy atom. The highest BCUT2D eigenvalue weighted by Crippen LogP contribution is 2.31. The zero-order valence-corrected chi connectivity index (χ0v) is 22.2. The second-order valence-electron chi connectivity index (χ2n) is 8.13. The van der Waals surface area contributed by atoms with E-state index in [1.54, 1.807) is 6.92 Å². The number of nitrogens with one attached hydrogen (secondary N) is 1. The van der Waals surface area contributed by atoms with Gasteiger partial charge in [-0.15, -0.1) is 0 Å². The van der Waals surface area contributed by atoms with Crippen LogP contribution in [0.3, 0.4) is 0 Å². The van der Waals surface area contributed by atoms with Gasteiger partial charge in [0, 0.05) is 18.1 Å². The van der Waals surface area contributed by atoms with E-state index in [0.717, 1.165) is 34.5 Å². The Kier molecular flexibility index (Phi) is 10.2. The molecule has 2 amide bonds. The lowest BCUT2D eigenvalue weighted by atomic mass is 10.1. The quantitative estimate of drug-likeness (QED) is 0.438. The van der Waals surface area contributed by atoms with E-state index in [1.807, 2.05) is 38.1 Å². The maximum absolute atomic E-state index is 13.5. The molecule has 2 aromatic rings. The minimum Gasteiger partial charge on any atom is -0.354 e. The van der Waals surface area contributed by atoms with Crippen LogP contribution >= 0.6 is 23.2 Å². The molecule has 2 rings (SSSR count). The fraction of sp³-hybridized carbons (Fsp3) is 0.417. The van der Waals surface area contributed by atoms with Crippen LogP contribution in [-0.2, 0) is 26.2 Å². The predicted molar refractivity (Wildman–Crippen MR) is 138 cm³/mol. The molecular weight excluding hydrogens is 497 g/mol. The predicted octanol–water partition coefficient (Wildman–Crippen LogP) is 4.40. The fourth-order valence-corrected chi connectivity index (χ4v) is 4.65. The summed E-state index contributed by atoms with van der Waals surface area (Å²) in [6.07, 6.45) is 2.73. The van der Waals surface area contributed by atoms with Gasteiger partial charge in [-0.1, -0.05) is 60.8 Å². The van der Waals surface area contributed by atoms with E-state index in [4.69, 9.17) is 23.2 Å². The van der Waals surface area contributed by atoms with E-state index in [9.17, 15) is 18.0 Å². The second kappa shape index (κ2) is 12.4. The molecule has 0 saturated heterocycles. The normalized spacial score (nSPS) is 12.2. The first-order valence-electron chi connectivity index (χ1n) is 11.0. The maximum Gasteiger partial charge on any atom is 0.244 e. The van der Waals surface area contributed by atoms with Crippen molar-refractivity contribution >= 4 is 50.7 Å². The summed E-state index contributed by atoms with van der Waals surface area (Å²) in [7, 11) is -3.89. The summed E-state index contributed by atoms with van der Waals surface area (Å²) in [5, 5.41) is 3.26. The molecule has 7 nitrogen and oxygen atoms in total. The number of hydrogen-bond acceptors (Lipinski definition) is 4. The summed E-state index contributed by atoms with van der Waals surface area (Å²) in [5.74, 6) is -0.843. The fourth-order valence-electron chi connectivity index (χ4n) is 3.36. The van der Waals surface area contributed by atoms with Crippen LogP contribution in [0, 0.1) is 6.92 Å². The van der Waals surface area contributed by atoms with Gasteiger partial charge in [-0.3, -0.25) is 13.9 Å². The zero-order valence-electron chi connectivity index (χ0n) is 19.8. The molecule has 1 atom stereocenters. The summed E-state index contributed by atoms with van der Waals surface area (Å²) < 4.78 is 26.1. The van der Waals surface area contributed by atoms with Gasteiger partial charge in [-0.2, -0.15) is 0 Å². The Bertz CT molecular complexity index is 1120. The molecule has 2 aromatic carbocycles. The van der Waals surface area contributed by atoms with E-state index in [-0.39, 0.29) is 28.2 Å². The van der Waals surface area contributed by atoms with Crippen molar-refractivity contribution < 1.29 is 18.0 Å². The van der Waals surface area contributed by atoms with Crippen LogP contribution in [0.5, 0.6) is 0 Å². The van der Waals surface area contributed by atoms with Gasteiger partial charge in [-0.05, 0) is 49.6 Å². The van der Waals surface area contributed by atoms with E-state index in [0.29, 0.717) is 6.54 Å². The number of sulfonamides is 1. The number of amides is 2. The van der Waals surface area contributed by atoms with Crippen LogP contribution in [0.2, 0.25) is 10.0 Å². The van der Waals surface area contributed by atoms with Gasteiger partial charge in [0.2, 0.25) is 21.8 Å². The minimum absolute atomic E-state index is 0.0981. The third-order valence-electron chi connectivity index (χ3n) is 5.45. The Morgan fingerprint density at radius 2 is 1.79 bits per heavy atom. The number of carbonyl (C=O) groups excluding carboxylic acids is 2. The molecule has 186 valence electrons. The number of halogens is 2. The average molecular weight is 529 g/mol. The summed E-state index contributed by atoms with van der Waals surface area (Å²) in [6, 6.07) is 11.1. The van der Waals surface area contributed by atoms with Crippen molar-refractivity contribution in [3.63, 3.8) is 0 Å². The van der Waals surface area contributed by atoms with Crippen LogP contribution in [0.15, 0.2) is 42.5 Å². The number of anilines is 1. The Morgan fingerprint density at radius 3 is 2.41 bits per heavy atom. The van der Waals surface area contributed by atoms with Crippen molar-refractivity contribution in [2.45, 2.75) is 46.2 Å². The number of carbonyl (C=O) groups is 2. The molecule has 0 spiro atoms. The third kappa shape index (κ3) is 7.61. The van der Waals surface area contributed by atoms with Crippen LogP contribution < -0.4 is 9.62 Å². The van der Waals surface area contributed by atoms with Gasteiger partial charge in [-0.25, -0.2) is 8.42 Å². The second-order valence-corrected chi connectivity index (χ2v) is 10.9. The molecule has 0 bridgehead atoms. The summed E-state index contributed by atoms with van der Waals surface area (Å²) in [6.45, 7) is 5.68. The number of hydrogen-bond donors (Lipinski definition) is 1. The molecule has 34 heavy (non-hydrogen) atoms. The first kappa shape index (κ1) is 28.0. The highest BCUT2D eigenvalue weighted by Gasteiger charge is 2.31. The zero-order chi connectivity index (χ0) is 25.5. The maximum atomic E-state index is 13.5. The molecule has 0 aromatic heterocycles. The van der Waals surface area contributed by atoms with Gasteiger partial charge in [0.15, 0.2) is 0 Å². The van der Waals surface area contributed by atoms with E-state index in [2.05, 4.69) is 5.32 Å². The van der Waals surface area contributed by atoms with E-state index >= 15 is 0 Å². The van der Waals surface area contributed by atoms with Crippen molar-refractivity contribution in [3.8, 4) is 0 Å². The summed E-state index contributed by atoms with van der Waals surface area (Å²) in [4.78, 5) is 27.7. The van der Waals surface area contributed by atoms with E-state index in [1.165, 1.54) is 23.1 Å². The Labute approximate surface area is 212 Å². The van der Waals surface area contributed by atoms with Gasteiger partial charge >= 0.3 is 0 Å². The molecule has 0 saturated carbocycles. The summed E-state index contributed by atoms with van der Waals surface area (Å²) in [5.41, 5.74) is 1.91. The number of nitrogens with zero attached hydrogens (tertiary/aromatic N) is 2. The van der Waals surface area contributed by atoms with Crippen molar-refractivity contribution in [1.82, 2.24) is 10.2 Å². The van der Waals surface area contributed by atoms with Gasteiger partial charge in [0.25, 0.3) is 0 Å². The lowest BCUT2D eigenvalue weighted by Gasteiger charge is -2.32. The molecule has 0 radical (unpaired) electrons.